The van der Waals surface area contributed by atoms with Gasteiger partial charge in [0.15, 0.2) is 0 Å². The van der Waals surface area contributed by atoms with Gasteiger partial charge >= 0.3 is 0 Å². The molecule has 28 heavy (non-hydrogen) atoms. The quantitative estimate of drug-likeness (QED) is 0.533. The Hall–Kier alpha value is -3.73. The first-order valence-corrected chi connectivity index (χ1v) is 8.89. The molecule has 0 spiro atoms. The Morgan fingerprint density at radius 2 is 1.71 bits per heavy atom. The lowest BCUT2D eigenvalue weighted by Gasteiger charge is -2.06. The number of halogens is 1. The maximum atomic E-state index is 13.5. The minimum Gasteiger partial charge on any atom is -0.322 e. The first-order chi connectivity index (χ1) is 13.6. The van der Waals surface area contributed by atoms with Crippen LogP contribution in [0.25, 0.3) is 16.9 Å². The lowest BCUT2D eigenvalue weighted by molar-refractivity contribution is 0.102. The average Bonchev–Trinajstić information content (AvgIpc) is 3.15. The van der Waals surface area contributed by atoms with E-state index in [4.69, 9.17) is 0 Å². The molecular weight excluding hydrogens is 353 g/mol. The number of hydrogen-bond acceptors (Lipinski definition) is 2. The normalized spacial score (nSPS) is 10.6. The maximum absolute atomic E-state index is 13.5. The highest BCUT2D eigenvalue weighted by atomic mass is 19.1. The van der Waals surface area contributed by atoms with Crippen molar-refractivity contribution in [1.29, 1.82) is 0 Å². The third kappa shape index (κ3) is 3.69. The maximum Gasteiger partial charge on any atom is 0.259 e. The van der Waals surface area contributed by atoms with Gasteiger partial charge in [0, 0.05) is 17.4 Å². The van der Waals surface area contributed by atoms with E-state index in [9.17, 15) is 9.18 Å². The third-order valence-corrected chi connectivity index (χ3v) is 4.39. The SMILES string of the molecule is Cc1ccc(-c2nn(-c3ccccc3)cc2C(=O)Nc2cccc(F)c2)cc1. The number of carbonyl (C=O) groups is 1. The van der Waals surface area contributed by atoms with Gasteiger partial charge in [-0.2, -0.15) is 5.10 Å². The molecule has 0 aliphatic heterocycles. The number of hydrogen-bond donors (Lipinski definition) is 1. The van der Waals surface area contributed by atoms with Crippen LogP contribution in [-0.2, 0) is 0 Å². The van der Waals surface area contributed by atoms with Crippen LogP contribution >= 0.6 is 0 Å². The molecule has 0 saturated carbocycles. The summed E-state index contributed by atoms with van der Waals surface area (Å²) in [7, 11) is 0. The van der Waals surface area contributed by atoms with Gasteiger partial charge in [0.2, 0.25) is 0 Å². The van der Waals surface area contributed by atoms with Gasteiger partial charge in [-0.1, -0.05) is 54.1 Å². The van der Waals surface area contributed by atoms with E-state index in [0.29, 0.717) is 16.9 Å². The predicted octanol–water partition coefficient (Wildman–Crippen LogP) is 5.24. The second kappa shape index (κ2) is 7.48. The number of para-hydroxylation sites is 1. The molecular formula is C23H18FN3O. The van der Waals surface area contributed by atoms with Crippen molar-refractivity contribution in [2.24, 2.45) is 0 Å². The van der Waals surface area contributed by atoms with Crippen molar-refractivity contribution in [2.75, 3.05) is 5.32 Å². The van der Waals surface area contributed by atoms with E-state index in [0.717, 1.165) is 16.8 Å². The number of nitrogens with zero attached hydrogens (tertiary/aromatic N) is 2. The van der Waals surface area contributed by atoms with Crippen molar-refractivity contribution >= 4 is 11.6 Å². The van der Waals surface area contributed by atoms with Gasteiger partial charge in [-0.25, -0.2) is 9.07 Å². The highest BCUT2D eigenvalue weighted by molar-refractivity contribution is 6.08. The molecule has 5 heteroatoms. The first kappa shape index (κ1) is 17.7. The van der Waals surface area contributed by atoms with Crippen molar-refractivity contribution in [3.8, 4) is 16.9 Å². The van der Waals surface area contributed by atoms with Gasteiger partial charge < -0.3 is 5.32 Å². The number of aryl methyl sites for hydroxylation is 1. The van der Waals surface area contributed by atoms with Crippen LogP contribution in [0.15, 0.2) is 85.1 Å². The minimum atomic E-state index is -0.406. The van der Waals surface area contributed by atoms with Crippen LogP contribution in [0.4, 0.5) is 10.1 Å². The van der Waals surface area contributed by atoms with Crippen LogP contribution in [0.3, 0.4) is 0 Å². The predicted molar refractivity (Wildman–Crippen MR) is 108 cm³/mol. The molecule has 0 fully saturated rings. The largest absolute Gasteiger partial charge is 0.322 e. The molecule has 4 nitrogen and oxygen atoms in total. The standard InChI is InChI=1S/C23H18FN3O/c1-16-10-12-17(13-11-16)22-21(15-27(26-22)20-8-3-2-4-9-20)23(28)25-19-7-5-6-18(24)14-19/h2-15H,1H3,(H,25,28). The first-order valence-electron chi connectivity index (χ1n) is 8.89. The Labute approximate surface area is 162 Å². The third-order valence-electron chi connectivity index (χ3n) is 4.39. The fourth-order valence-electron chi connectivity index (χ4n) is 2.94. The summed E-state index contributed by atoms with van der Waals surface area (Å²) < 4.78 is 15.1. The van der Waals surface area contributed by atoms with E-state index >= 15 is 0 Å². The Balaban J connectivity index is 1.76. The summed E-state index contributed by atoms with van der Waals surface area (Å²) in [5.41, 5.74) is 4.18. The van der Waals surface area contributed by atoms with Crippen molar-refractivity contribution in [3.63, 3.8) is 0 Å². The topological polar surface area (TPSA) is 46.9 Å². The van der Waals surface area contributed by atoms with Crippen LogP contribution in [0.5, 0.6) is 0 Å². The fourth-order valence-corrected chi connectivity index (χ4v) is 2.94. The van der Waals surface area contributed by atoms with Crippen LogP contribution < -0.4 is 5.32 Å². The van der Waals surface area contributed by atoms with E-state index < -0.39 is 5.82 Å². The number of carbonyl (C=O) groups excluding carboxylic acids is 1. The molecule has 0 bridgehead atoms. The van der Waals surface area contributed by atoms with E-state index in [1.165, 1.54) is 12.1 Å². The summed E-state index contributed by atoms with van der Waals surface area (Å²) in [5, 5.41) is 7.40. The van der Waals surface area contributed by atoms with Crippen LogP contribution in [0.2, 0.25) is 0 Å². The molecule has 4 rings (SSSR count). The summed E-state index contributed by atoms with van der Waals surface area (Å²) in [6.45, 7) is 2.00. The number of amides is 1. The molecule has 1 N–H and O–H groups in total. The van der Waals surface area contributed by atoms with Crippen molar-refractivity contribution in [1.82, 2.24) is 9.78 Å². The average molecular weight is 371 g/mol. The van der Waals surface area contributed by atoms with Crippen LogP contribution in [0.1, 0.15) is 15.9 Å². The van der Waals surface area contributed by atoms with Crippen LogP contribution in [0, 0.1) is 12.7 Å². The number of aromatic nitrogens is 2. The van der Waals surface area contributed by atoms with Crippen molar-refractivity contribution in [2.45, 2.75) is 6.92 Å². The summed E-state index contributed by atoms with van der Waals surface area (Å²) in [4.78, 5) is 12.9. The molecule has 1 amide bonds. The molecule has 0 saturated heterocycles. The second-order valence-electron chi connectivity index (χ2n) is 6.50. The van der Waals surface area contributed by atoms with E-state index in [-0.39, 0.29) is 5.91 Å². The highest BCUT2D eigenvalue weighted by Crippen LogP contribution is 2.25. The monoisotopic (exact) mass is 371 g/mol. The summed E-state index contributed by atoms with van der Waals surface area (Å²) in [6, 6.07) is 23.2. The molecule has 4 aromatic rings. The Bertz CT molecular complexity index is 1120. The number of anilines is 1. The molecule has 1 aromatic heterocycles. The fraction of sp³-hybridized carbons (Fsp3) is 0.0435. The van der Waals surface area contributed by atoms with Gasteiger partial charge in [-0.05, 0) is 37.3 Å². The van der Waals surface area contributed by atoms with Gasteiger partial charge in [0.25, 0.3) is 5.91 Å². The second-order valence-corrected chi connectivity index (χ2v) is 6.50. The molecule has 0 unspecified atom stereocenters. The zero-order chi connectivity index (χ0) is 19.5. The molecule has 138 valence electrons. The Morgan fingerprint density at radius 1 is 0.964 bits per heavy atom. The summed E-state index contributed by atoms with van der Waals surface area (Å²) in [6.07, 6.45) is 1.69. The summed E-state index contributed by atoms with van der Waals surface area (Å²) in [5.74, 6) is -0.750. The van der Waals surface area contributed by atoms with Gasteiger partial charge in [0.05, 0.1) is 11.3 Å². The smallest absolute Gasteiger partial charge is 0.259 e. The van der Waals surface area contributed by atoms with E-state index in [1.807, 2.05) is 61.5 Å². The lowest BCUT2D eigenvalue weighted by Crippen LogP contribution is -2.12. The molecule has 0 radical (unpaired) electrons. The molecule has 0 atom stereocenters. The molecule has 0 aliphatic carbocycles. The van der Waals surface area contributed by atoms with Gasteiger partial charge in [-0.15, -0.1) is 0 Å². The van der Waals surface area contributed by atoms with Gasteiger partial charge in [-0.3, -0.25) is 4.79 Å². The molecule has 1 heterocycles. The van der Waals surface area contributed by atoms with E-state index in [2.05, 4.69) is 10.4 Å². The molecule has 0 aliphatic rings. The van der Waals surface area contributed by atoms with Crippen molar-refractivity contribution in [3.05, 3.63) is 102 Å². The Morgan fingerprint density at radius 3 is 2.43 bits per heavy atom. The lowest BCUT2D eigenvalue weighted by atomic mass is 10.1. The zero-order valence-electron chi connectivity index (χ0n) is 15.3. The number of benzene rings is 3. The van der Waals surface area contributed by atoms with E-state index in [1.54, 1.807) is 23.0 Å². The minimum absolute atomic E-state index is 0.344. The number of nitrogens with one attached hydrogen (secondary N) is 1. The summed E-state index contributed by atoms with van der Waals surface area (Å²) >= 11 is 0. The number of rotatable bonds is 4. The van der Waals surface area contributed by atoms with Crippen LogP contribution in [-0.4, -0.2) is 15.7 Å². The highest BCUT2D eigenvalue weighted by Gasteiger charge is 2.19. The zero-order valence-corrected chi connectivity index (χ0v) is 15.3. The Kier molecular flexibility index (Phi) is 4.72. The van der Waals surface area contributed by atoms with Crippen molar-refractivity contribution < 1.29 is 9.18 Å². The molecule has 3 aromatic carbocycles. The van der Waals surface area contributed by atoms with Gasteiger partial charge in [0.1, 0.15) is 11.5 Å².